The van der Waals surface area contributed by atoms with Gasteiger partial charge in [-0.3, -0.25) is 0 Å². The van der Waals surface area contributed by atoms with Crippen molar-refractivity contribution in [2.24, 2.45) is 0 Å². The number of benzene rings is 1. The minimum absolute atomic E-state index is 0.647. The van der Waals surface area contributed by atoms with Crippen LogP contribution in [0.3, 0.4) is 0 Å². The molecule has 0 saturated heterocycles. The second-order valence-corrected chi connectivity index (χ2v) is 4.43. The van der Waals surface area contributed by atoms with E-state index in [0.717, 1.165) is 36.4 Å². The summed E-state index contributed by atoms with van der Waals surface area (Å²) < 4.78 is 5.84. The van der Waals surface area contributed by atoms with Crippen LogP contribution in [0.5, 0.6) is 0 Å². The minimum atomic E-state index is 0.647. The van der Waals surface area contributed by atoms with Crippen molar-refractivity contribution in [2.75, 3.05) is 38.7 Å². The molecular weight excluding hydrogens is 282 g/mol. The summed E-state index contributed by atoms with van der Waals surface area (Å²) in [5, 5.41) is 15.3. The van der Waals surface area contributed by atoms with Crippen molar-refractivity contribution in [3.05, 3.63) is 28.2 Å². The molecule has 0 aliphatic rings. The SMILES string of the molecule is COCCNCCNc1cc(Br)cc(C#N)c1. The summed E-state index contributed by atoms with van der Waals surface area (Å²) in [6.45, 7) is 3.23. The molecule has 2 N–H and O–H groups in total. The molecule has 0 fully saturated rings. The van der Waals surface area contributed by atoms with E-state index in [1.807, 2.05) is 12.1 Å². The molecule has 0 amide bonds. The molecule has 4 nitrogen and oxygen atoms in total. The highest BCUT2D eigenvalue weighted by Crippen LogP contribution is 2.18. The largest absolute Gasteiger partial charge is 0.384 e. The normalized spacial score (nSPS) is 9.94. The predicted molar refractivity (Wildman–Crippen MR) is 72.1 cm³/mol. The van der Waals surface area contributed by atoms with Crippen molar-refractivity contribution in [3.63, 3.8) is 0 Å². The molecule has 0 atom stereocenters. The summed E-state index contributed by atoms with van der Waals surface area (Å²) in [5.74, 6) is 0. The number of halogens is 1. The zero-order valence-electron chi connectivity index (χ0n) is 9.79. The van der Waals surface area contributed by atoms with Gasteiger partial charge in [0.25, 0.3) is 0 Å². The first kappa shape index (κ1) is 14.0. The van der Waals surface area contributed by atoms with Crippen LogP contribution in [-0.2, 0) is 4.74 Å². The lowest BCUT2D eigenvalue weighted by molar-refractivity contribution is 0.200. The van der Waals surface area contributed by atoms with Gasteiger partial charge < -0.3 is 15.4 Å². The highest BCUT2D eigenvalue weighted by molar-refractivity contribution is 9.10. The molecule has 0 radical (unpaired) electrons. The van der Waals surface area contributed by atoms with Gasteiger partial charge in [-0.25, -0.2) is 0 Å². The molecule has 0 aliphatic carbocycles. The number of rotatable bonds is 7. The van der Waals surface area contributed by atoms with Crippen molar-refractivity contribution in [2.45, 2.75) is 0 Å². The molecule has 0 saturated carbocycles. The van der Waals surface area contributed by atoms with Gasteiger partial charge in [-0.1, -0.05) is 15.9 Å². The fraction of sp³-hybridized carbons (Fsp3) is 0.417. The third-order valence-corrected chi connectivity index (χ3v) is 2.60. The van der Waals surface area contributed by atoms with E-state index in [-0.39, 0.29) is 0 Å². The van der Waals surface area contributed by atoms with Crippen LogP contribution in [0.25, 0.3) is 0 Å². The lowest BCUT2D eigenvalue weighted by Gasteiger charge is -2.08. The Bertz CT molecular complexity index is 390. The third-order valence-electron chi connectivity index (χ3n) is 2.14. The van der Waals surface area contributed by atoms with Gasteiger partial charge in [-0.15, -0.1) is 0 Å². The number of hydrogen-bond donors (Lipinski definition) is 2. The zero-order chi connectivity index (χ0) is 12.5. The summed E-state index contributed by atoms with van der Waals surface area (Å²) in [7, 11) is 1.69. The second-order valence-electron chi connectivity index (χ2n) is 3.51. The molecule has 92 valence electrons. The number of hydrogen-bond acceptors (Lipinski definition) is 4. The number of ether oxygens (including phenoxy) is 1. The van der Waals surface area contributed by atoms with Crippen LogP contribution in [0, 0.1) is 11.3 Å². The molecule has 1 aromatic rings. The molecule has 1 rings (SSSR count). The van der Waals surface area contributed by atoms with Gasteiger partial charge >= 0.3 is 0 Å². The van der Waals surface area contributed by atoms with Crippen LogP contribution in [0.2, 0.25) is 0 Å². The van der Waals surface area contributed by atoms with E-state index in [1.165, 1.54) is 0 Å². The van der Waals surface area contributed by atoms with Gasteiger partial charge in [-0.05, 0) is 18.2 Å². The molecule has 0 heterocycles. The molecule has 0 bridgehead atoms. The van der Waals surface area contributed by atoms with Crippen LogP contribution in [-0.4, -0.2) is 33.4 Å². The van der Waals surface area contributed by atoms with E-state index in [0.29, 0.717) is 5.56 Å². The van der Waals surface area contributed by atoms with Gasteiger partial charge in [0.15, 0.2) is 0 Å². The average Bonchev–Trinajstić information content (AvgIpc) is 2.33. The van der Waals surface area contributed by atoms with Gasteiger partial charge in [-0.2, -0.15) is 5.26 Å². The topological polar surface area (TPSA) is 57.1 Å². The van der Waals surface area contributed by atoms with E-state index >= 15 is 0 Å². The van der Waals surface area contributed by atoms with Crippen LogP contribution < -0.4 is 10.6 Å². The summed E-state index contributed by atoms with van der Waals surface area (Å²) in [5.41, 5.74) is 1.60. The maximum atomic E-state index is 8.83. The van der Waals surface area contributed by atoms with Crippen molar-refractivity contribution >= 4 is 21.6 Å². The van der Waals surface area contributed by atoms with Crippen molar-refractivity contribution in [1.29, 1.82) is 5.26 Å². The van der Waals surface area contributed by atoms with Crippen molar-refractivity contribution in [3.8, 4) is 6.07 Å². The Labute approximate surface area is 110 Å². The Kier molecular flexibility index (Phi) is 6.63. The van der Waals surface area contributed by atoms with Crippen LogP contribution in [0.4, 0.5) is 5.69 Å². The monoisotopic (exact) mass is 297 g/mol. The lowest BCUT2D eigenvalue weighted by Crippen LogP contribution is -2.25. The summed E-state index contributed by atoms with van der Waals surface area (Å²) >= 11 is 3.37. The van der Waals surface area contributed by atoms with Crippen LogP contribution in [0.1, 0.15) is 5.56 Å². The van der Waals surface area contributed by atoms with Crippen LogP contribution in [0.15, 0.2) is 22.7 Å². The Hall–Kier alpha value is -1.09. The van der Waals surface area contributed by atoms with E-state index in [9.17, 15) is 0 Å². The van der Waals surface area contributed by atoms with Crippen molar-refractivity contribution in [1.82, 2.24) is 5.32 Å². The molecule has 5 heteroatoms. The van der Waals surface area contributed by atoms with Gasteiger partial charge in [0.2, 0.25) is 0 Å². The lowest BCUT2D eigenvalue weighted by atomic mass is 10.2. The van der Waals surface area contributed by atoms with Gasteiger partial charge in [0.05, 0.1) is 18.2 Å². The van der Waals surface area contributed by atoms with Gasteiger partial charge in [0.1, 0.15) is 0 Å². The fourth-order valence-corrected chi connectivity index (χ4v) is 1.84. The molecule has 0 aromatic heterocycles. The Balaban J connectivity index is 2.32. The van der Waals surface area contributed by atoms with Crippen LogP contribution >= 0.6 is 15.9 Å². The number of nitrogens with zero attached hydrogens (tertiary/aromatic N) is 1. The van der Waals surface area contributed by atoms with E-state index < -0.39 is 0 Å². The first-order chi connectivity index (χ1) is 8.26. The maximum absolute atomic E-state index is 8.83. The first-order valence-corrected chi connectivity index (χ1v) is 6.20. The first-order valence-electron chi connectivity index (χ1n) is 5.40. The molecular formula is C12H16BrN3O. The fourth-order valence-electron chi connectivity index (χ4n) is 1.35. The standard InChI is InChI=1S/C12H16BrN3O/c1-17-5-4-15-2-3-16-12-7-10(9-14)6-11(13)8-12/h6-8,15-16H,2-5H2,1H3. The van der Waals surface area contributed by atoms with E-state index in [4.69, 9.17) is 10.00 Å². The summed E-state index contributed by atoms with van der Waals surface area (Å²) in [4.78, 5) is 0. The van der Waals surface area contributed by atoms with E-state index in [1.54, 1.807) is 13.2 Å². The second kappa shape index (κ2) is 8.07. The number of methoxy groups -OCH3 is 1. The summed E-state index contributed by atoms with van der Waals surface area (Å²) in [6, 6.07) is 7.71. The number of nitriles is 1. The Morgan fingerprint density at radius 1 is 1.29 bits per heavy atom. The van der Waals surface area contributed by atoms with Crippen molar-refractivity contribution < 1.29 is 4.74 Å². The molecule has 17 heavy (non-hydrogen) atoms. The number of anilines is 1. The van der Waals surface area contributed by atoms with E-state index in [2.05, 4.69) is 32.6 Å². The predicted octanol–water partition coefficient (Wildman–Crippen LogP) is 1.97. The quantitative estimate of drug-likeness (QED) is 0.756. The van der Waals surface area contributed by atoms with Gasteiger partial charge in [0, 0.05) is 36.9 Å². The minimum Gasteiger partial charge on any atom is -0.384 e. The summed E-state index contributed by atoms with van der Waals surface area (Å²) in [6.07, 6.45) is 0. The Morgan fingerprint density at radius 2 is 2.12 bits per heavy atom. The smallest absolute Gasteiger partial charge is 0.0992 e. The zero-order valence-corrected chi connectivity index (χ0v) is 11.4. The molecule has 0 unspecified atom stereocenters. The molecule has 0 spiro atoms. The maximum Gasteiger partial charge on any atom is 0.0992 e. The Morgan fingerprint density at radius 3 is 2.82 bits per heavy atom. The number of nitrogens with one attached hydrogen (secondary N) is 2. The highest BCUT2D eigenvalue weighted by Gasteiger charge is 1.98. The molecule has 0 aliphatic heterocycles. The third kappa shape index (κ3) is 5.68. The molecule has 1 aromatic carbocycles. The highest BCUT2D eigenvalue weighted by atomic mass is 79.9. The average molecular weight is 298 g/mol.